The van der Waals surface area contributed by atoms with Crippen LogP contribution >= 0.6 is 0 Å². The molecular formula is C19H30N2O. The van der Waals surface area contributed by atoms with Crippen LogP contribution in [0.2, 0.25) is 0 Å². The van der Waals surface area contributed by atoms with Gasteiger partial charge in [0.1, 0.15) is 0 Å². The molecule has 0 spiro atoms. The lowest BCUT2D eigenvalue weighted by Gasteiger charge is -2.21. The predicted molar refractivity (Wildman–Crippen MR) is 91.6 cm³/mol. The Morgan fingerprint density at radius 2 is 1.86 bits per heavy atom. The molecular weight excluding hydrogens is 272 g/mol. The average molecular weight is 302 g/mol. The highest BCUT2D eigenvalue weighted by molar-refractivity contribution is 5.76. The van der Waals surface area contributed by atoms with E-state index in [-0.39, 0.29) is 5.91 Å². The third kappa shape index (κ3) is 5.80. The Labute approximate surface area is 134 Å². The molecule has 0 saturated heterocycles. The van der Waals surface area contributed by atoms with Crippen LogP contribution in [-0.4, -0.2) is 18.5 Å². The van der Waals surface area contributed by atoms with Crippen LogP contribution in [0.1, 0.15) is 56.9 Å². The summed E-state index contributed by atoms with van der Waals surface area (Å²) in [5, 5.41) is 3.28. The summed E-state index contributed by atoms with van der Waals surface area (Å²) in [7, 11) is 0. The van der Waals surface area contributed by atoms with E-state index in [0.29, 0.717) is 18.4 Å². The number of nitrogens with two attached hydrogens (primary N) is 1. The van der Waals surface area contributed by atoms with E-state index < -0.39 is 0 Å². The van der Waals surface area contributed by atoms with Gasteiger partial charge in [-0.05, 0) is 50.1 Å². The van der Waals surface area contributed by atoms with E-state index in [4.69, 9.17) is 5.73 Å². The zero-order chi connectivity index (χ0) is 15.6. The Morgan fingerprint density at radius 3 is 2.64 bits per heavy atom. The summed E-state index contributed by atoms with van der Waals surface area (Å²) in [5.41, 5.74) is 6.86. The second-order valence-electron chi connectivity index (χ2n) is 6.51. The standard InChI is InChI=1S/C19H30N2O/c20-14-7-2-1-6-13-19(22)21-18-12-8-11-17(18)15-16-9-4-3-5-10-16/h3-5,9-10,17-18H,1-2,6-8,11-15,20H2,(H,21,22). The molecule has 1 aliphatic carbocycles. The highest BCUT2D eigenvalue weighted by atomic mass is 16.1. The van der Waals surface area contributed by atoms with Crippen LogP contribution in [0.5, 0.6) is 0 Å². The van der Waals surface area contributed by atoms with Gasteiger partial charge in [-0.3, -0.25) is 4.79 Å². The van der Waals surface area contributed by atoms with Gasteiger partial charge in [-0.1, -0.05) is 49.6 Å². The molecule has 3 heteroatoms. The Kier molecular flexibility index (Phi) is 7.44. The molecule has 2 unspecified atom stereocenters. The van der Waals surface area contributed by atoms with Gasteiger partial charge in [-0.25, -0.2) is 0 Å². The summed E-state index contributed by atoms with van der Waals surface area (Å²) in [6.45, 7) is 0.759. The number of hydrogen-bond donors (Lipinski definition) is 2. The van der Waals surface area contributed by atoms with Gasteiger partial charge in [0.15, 0.2) is 0 Å². The zero-order valence-corrected chi connectivity index (χ0v) is 13.6. The molecule has 3 N–H and O–H groups in total. The number of rotatable bonds is 9. The first-order chi connectivity index (χ1) is 10.8. The molecule has 0 heterocycles. The van der Waals surface area contributed by atoms with E-state index in [1.165, 1.54) is 18.4 Å². The first-order valence-corrected chi connectivity index (χ1v) is 8.83. The van der Waals surface area contributed by atoms with E-state index in [1.807, 2.05) is 0 Å². The van der Waals surface area contributed by atoms with Crippen LogP contribution in [-0.2, 0) is 11.2 Å². The third-order valence-corrected chi connectivity index (χ3v) is 4.70. The number of hydrogen-bond acceptors (Lipinski definition) is 2. The van der Waals surface area contributed by atoms with Gasteiger partial charge in [0.25, 0.3) is 0 Å². The highest BCUT2D eigenvalue weighted by Gasteiger charge is 2.28. The van der Waals surface area contributed by atoms with Crippen LogP contribution in [0.25, 0.3) is 0 Å². The Bertz CT molecular complexity index is 432. The molecule has 0 aliphatic heterocycles. The second kappa shape index (κ2) is 9.62. The molecule has 1 aromatic rings. The topological polar surface area (TPSA) is 55.1 Å². The van der Waals surface area contributed by atoms with Crippen molar-refractivity contribution in [2.24, 2.45) is 11.7 Å². The average Bonchev–Trinajstić information content (AvgIpc) is 2.95. The maximum atomic E-state index is 12.1. The van der Waals surface area contributed by atoms with Crippen LogP contribution in [0.4, 0.5) is 0 Å². The fourth-order valence-electron chi connectivity index (χ4n) is 3.45. The largest absolute Gasteiger partial charge is 0.353 e. The van der Waals surface area contributed by atoms with Crippen LogP contribution in [0.3, 0.4) is 0 Å². The molecule has 0 radical (unpaired) electrons. The molecule has 22 heavy (non-hydrogen) atoms. The van der Waals surface area contributed by atoms with Crippen molar-refractivity contribution in [1.82, 2.24) is 5.32 Å². The van der Waals surface area contributed by atoms with Crippen molar-refractivity contribution in [2.75, 3.05) is 6.54 Å². The third-order valence-electron chi connectivity index (χ3n) is 4.70. The van der Waals surface area contributed by atoms with E-state index in [0.717, 1.165) is 45.1 Å². The number of benzene rings is 1. The fourth-order valence-corrected chi connectivity index (χ4v) is 3.45. The molecule has 2 rings (SSSR count). The first kappa shape index (κ1) is 17.0. The Hall–Kier alpha value is -1.35. The SMILES string of the molecule is NCCCCCCC(=O)NC1CCCC1Cc1ccccc1. The highest BCUT2D eigenvalue weighted by Crippen LogP contribution is 2.29. The summed E-state index contributed by atoms with van der Waals surface area (Å²) in [6.07, 6.45) is 9.67. The molecule has 1 aliphatic rings. The van der Waals surface area contributed by atoms with Gasteiger partial charge in [0.2, 0.25) is 5.91 Å². The van der Waals surface area contributed by atoms with Gasteiger partial charge in [0.05, 0.1) is 0 Å². The number of amides is 1. The van der Waals surface area contributed by atoms with Crippen molar-refractivity contribution in [3.8, 4) is 0 Å². The van der Waals surface area contributed by atoms with Crippen molar-refractivity contribution >= 4 is 5.91 Å². The van der Waals surface area contributed by atoms with E-state index in [1.54, 1.807) is 0 Å². The van der Waals surface area contributed by atoms with Crippen molar-refractivity contribution < 1.29 is 4.79 Å². The van der Waals surface area contributed by atoms with Crippen molar-refractivity contribution in [3.63, 3.8) is 0 Å². The van der Waals surface area contributed by atoms with Gasteiger partial charge < -0.3 is 11.1 Å². The van der Waals surface area contributed by atoms with E-state index in [2.05, 4.69) is 35.6 Å². The van der Waals surface area contributed by atoms with E-state index >= 15 is 0 Å². The number of carbonyl (C=O) groups is 1. The fraction of sp³-hybridized carbons (Fsp3) is 0.632. The van der Waals surface area contributed by atoms with Crippen LogP contribution in [0, 0.1) is 5.92 Å². The lowest BCUT2D eigenvalue weighted by molar-refractivity contribution is -0.122. The number of nitrogens with one attached hydrogen (secondary N) is 1. The minimum absolute atomic E-state index is 0.234. The zero-order valence-electron chi connectivity index (χ0n) is 13.6. The molecule has 0 aromatic heterocycles. The molecule has 3 nitrogen and oxygen atoms in total. The van der Waals surface area contributed by atoms with Gasteiger partial charge in [-0.2, -0.15) is 0 Å². The normalized spacial score (nSPS) is 21.0. The van der Waals surface area contributed by atoms with Crippen molar-refractivity contribution in [3.05, 3.63) is 35.9 Å². The smallest absolute Gasteiger partial charge is 0.220 e. The lowest BCUT2D eigenvalue weighted by atomic mass is 9.94. The van der Waals surface area contributed by atoms with Crippen molar-refractivity contribution in [2.45, 2.75) is 63.8 Å². The van der Waals surface area contributed by atoms with Gasteiger partial charge in [0, 0.05) is 12.5 Å². The molecule has 1 fully saturated rings. The molecule has 1 saturated carbocycles. The number of carbonyl (C=O) groups excluding carboxylic acids is 1. The summed E-state index contributed by atoms with van der Waals surface area (Å²) in [5.74, 6) is 0.835. The molecule has 0 bridgehead atoms. The van der Waals surface area contributed by atoms with Crippen molar-refractivity contribution in [1.29, 1.82) is 0 Å². The molecule has 1 aromatic carbocycles. The first-order valence-electron chi connectivity index (χ1n) is 8.83. The maximum absolute atomic E-state index is 12.1. The molecule has 2 atom stereocenters. The minimum atomic E-state index is 0.234. The van der Waals surface area contributed by atoms with Gasteiger partial charge in [-0.15, -0.1) is 0 Å². The van der Waals surface area contributed by atoms with Crippen LogP contribution in [0.15, 0.2) is 30.3 Å². The summed E-state index contributed by atoms with van der Waals surface area (Å²) < 4.78 is 0. The minimum Gasteiger partial charge on any atom is -0.353 e. The van der Waals surface area contributed by atoms with E-state index in [9.17, 15) is 4.79 Å². The Balaban J connectivity index is 1.70. The number of unbranched alkanes of at least 4 members (excludes halogenated alkanes) is 3. The second-order valence-corrected chi connectivity index (χ2v) is 6.51. The summed E-state index contributed by atoms with van der Waals surface area (Å²) in [4.78, 5) is 12.1. The summed E-state index contributed by atoms with van der Waals surface area (Å²) in [6, 6.07) is 11.0. The lowest BCUT2D eigenvalue weighted by Crippen LogP contribution is -2.37. The quantitative estimate of drug-likeness (QED) is 0.687. The maximum Gasteiger partial charge on any atom is 0.220 e. The predicted octanol–water partition coefficient (Wildman–Crippen LogP) is 3.42. The molecule has 122 valence electrons. The summed E-state index contributed by atoms with van der Waals surface area (Å²) >= 11 is 0. The Morgan fingerprint density at radius 1 is 1.09 bits per heavy atom. The molecule has 1 amide bonds. The van der Waals surface area contributed by atoms with Crippen LogP contribution < -0.4 is 11.1 Å². The van der Waals surface area contributed by atoms with Gasteiger partial charge >= 0.3 is 0 Å². The monoisotopic (exact) mass is 302 g/mol.